The van der Waals surface area contributed by atoms with Gasteiger partial charge in [0.25, 0.3) is 0 Å². The molecule has 5 nitrogen and oxygen atoms in total. The standard InChI is InChI=1S/C24H36O5/c1-4-14-26-20-17-22(27-15-5-2)21(23(18-20)28-16-6-3)12-13-24(25)29-19-10-8-7-9-11-19/h12-13,17-19H,4-11,14-16H2,1-3H3. The molecule has 0 atom stereocenters. The highest BCUT2D eigenvalue weighted by Crippen LogP contribution is 2.36. The molecule has 1 saturated carbocycles. The lowest BCUT2D eigenvalue weighted by Gasteiger charge is -2.21. The molecule has 1 aliphatic rings. The third kappa shape index (κ3) is 8.00. The zero-order chi connectivity index (χ0) is 20.9. The summed E-state index contributed by atoms with van der Waals surface area (Å²) in [6.45, 7) is 7.98. The zero-order valence-corrected chi connectivity index (χ0v) is 18.2. The molecular formula is C24H36O5. The average molecular weight is 405 g/mol. The molecule has 0 amide bonds. The first-order valence-corrected chi connectivity index (χ1v) is 11.1. The molecule has 0 N–H and O–H groups in total. The summed E-state index contributed by atoms with van der Waals surface area (Å²) in [6, 6.07) is 3.74. The van der Waals surface area contributed by atoms with E-state index in [1.165, 1.54) is 12.5 Å². The topological polar surface area (TPSA) is 54.0 Å². The molecule has 0 aliphatic heterocycles. The third-order valence-corrected chi connectivity index (χ3v) is 4.69. The van der Waals surface area contributed by atoms with Gasteiger partial charge in [0.1, 0.15) is 23.4 Å². The predicted molar refractivity (Wildman–Crippen MR) is 116 cm³/mol. The largest absolute Gasteiger partial charge is 0.493 e. The van der Waals surface area contributed by atoms with Gasteiger partial charge in [0.2, 0.25) is 0 Å². The minimum atomic E-state index is -0.314. The van der Waals surface area contributed by atoms with Crippen LogP contribution in [-0.4, -0.2) is 31.9 Å². The fraction of sp³-hybridized carbons (Fsp3) is 0.625. The molecule has 162 valence electrons. The fourth-order valence-electron chi connectivity index (χ4n) is 3.25. The monoisotopic (exact) mass is 404 g/mol. The molecule has 0 saturated heterocycles. The van der Waals surface area contributed by atoms with Gasteiger partial charge in [-0.15, -0.1) is 0 Å². The van der Waals surface area contributed by atoms with Gasteiger partial charge in [-0.05, 0) is 51.0 Å². The Bertz CT molecular complexity index is 618. The molecule has 5 heteroatoms. The van der Waals surface area contributed by atoms with E-state index in [1.807, 2.05) is 12.1 Å². The van der Waals surface area contributed by atoms with Gasteiger partial charge in [0.05, 0.1) is 25.4 Å². The van der Waals surface area contributed by atoms with Crippen molar-refractivity contribution in [1.82, 2.24) is 0 Å². The van der Waals surface area contributed by atoms with Gasteiger partial charge in [-0.3, -0.25) is 0 Å². The fourth-order valence-corrected chi connectivity index (χ4v) is 3.25. The van der Waals surface area contributed by atoms with E-state index in [9.17, 15) is 4.79 Å². The van der Waals surface area contributed by atoms with Gasteiger partial charge < -0.3 is 18.9 Å². The van der Waals surface area contributed by atoms with Crippen LogP contribution in [0.3, 0.4) is 0 Å². The smallest absolute Gasteiger partial charge is 0.331 e. The first-order chi connectivity index (χ1) is 14.2. The Labute approximate surface area is 175 Å². The van der Waals surface area contributed by atoms with Crippen molar-refractivity contribution in [3.05, 3.63) is 23.8 Å². The van der Waals surface area contributed by atoms with E-state index in [2.05, 4.69) is 20.8 Å². The maximum atomic E-state index is 12.3. The third-order valence-electron chi connectivity index (χ3n) is 4.69. The molecule has 1 fully saturated rings. The number of hydrogen-bond acceptors (Lipinski definition) is 5. The van der Waals surface area contributed by atoms with E-state index in [4.69, 9.17) is 18.9 Å². The molecule has 0 unspecified atom stereocenters. The van der Waals surface area contributed by atoms with Crippen LogP contribution in [0, 0.1) is 0 Å². The van der Waals surface area contributed by atoms with Crippen molar-refractivity contribution >= 4 is 12.0 Å². The molecule has 0 bridgehead atoms. The van der Waals surface area contributed by atoms with Crippen molar-refractivity contribution in [3.63, 3.8) is 0 Å². The van der Waals surface area contributed by atoms with Crippen LogP contribution < -0.4 is 14.2 Å². The van der Waals surface area contributed by atoms with Crippen molar-refractivity contribution in [2.45, 2.75) is 78.2 Å². The molecule has 0 aromatic heterocycles. The van der Waals surface area contributed by atoms with Gasteiger partial charge in [0.15, 0.2) is 0 Å². The molecular weight excluding hydrogens is 368 g/mol. The summed E-state index contributed by atoms with van der Waals surface area (Å²) in [5, 5.41) is 0. The molecule has 29 heavy (non-hydrogen) atoms. The van der Waals surface area contributed by atoms with Crippen LogP contribution in [0.2, 0.25) is 0 Å². The number of esters is 1. The van der Waals surface area contributed by atoms with Crippen molar-refractivity contribution in [2.24, 2.45) is 0 Å². The Morgan fingerprint density at radius 3 is 2.00 bits per heavy atom. The summed E-state index contributed by atoms with van der Waals surface area (Å²) >= 11 is 0. The average Bonchev–Trinajstić information content (AvgIpc) is 2.74. The Morgan fingerprint density at radius 1 is 0.897 bits per heavy atom. The summed E-state index contributed by atoms with van der Waals surface area (Å²) in [5.41, 5.74) is 0.747. The van der Waals surface area contributed by atoms with Crippen LogP contribution in [0.15, 0.2) is 18.2 Å². The number of ether oxygens (including phenoxy) is 4. The maximum absolute atomic E-state index is 12.3. The SMILES string of the molecule is CCCOc1cc(OCCC)c(C=CC(=O)OC2CCCCC2)c(OCCC)c1. The van der Waals surface area contributed by atoms with Crippen molar-refractivity contribution in [2.75, 3.05) is 19.8 Å². The first kappa shape index (κ1) is 23.1. The number of carbonyl (C=O) groups excluding carboxylic acids is 1. The quantitative estimate of drug-likeness (QED) is 0.319. The van der Waals surface area contributed by atoms with Gasteiger partial charge in [-0.25, -0.2) is 4.79 Å². The molecule has 1 aromatic carbocycles. The summed E-state index contributed by atoms with van der Waals surface area (Å²) in [7, 11) is 0. The summed E-state index contributed by atoms with van der Waals surface area (Å²) in [5.74, 6) is 1.72. The summed E-state index contributed by atoms with van der Waals surface area (Å²) in [4.78, 5) is 12.3. The van der Waals surface area contributed by atoms with Crippen LogP contribution in [0.5, 0.6) is 17.2 Å². The highest BCUT2D eigenvalue weighted by atomic mass is 16.5. The van der Waals surface area contributed by atoms with E-state index in [1.54, 1.807) is 6.08 Å². The Morgan fingerprint density at radius 2 is 1.45 bits per heavy atom. The number of rotatable bonds is 12. The lowest BCUT2D eigenvalue weighted by atomic mass is 9.98. The normalized spacial score (nSPS) is 14.7. The maximum Gasteiger partial charge on any atom is 0.331 e. The molecule has 0 spiro atoms. The molecule has 1 aliphatic carbocycles. The van der Waals surface area contributed by atoms with Crippen LogP contribution >= 0.6 is 0 Å². The van der Waals surface area contributed by atoms with E-state index >= 15 is 0 Å². The van der Waals surface area contributed by atoms with Crippen molar-refractivity contribution in [1.29, 1.82) is 0 Å². The zero-order valence-electron chi connectivity index (χ0n) is 18.2. The van der Waals surface area contributed by atoms with Crippen LogP contribution in [0.4, 0.5) is 0 Å². The summed E-state index contributed by atoms with van der Waals surface area (Å²) in [6.07, 6.45) is 11.4. The van der Waals surface area contributed by atoms with E-state index < -0.39 is 0 Å². The van der Waals surface area contributed by atoms with E-state index in [0.717, 1.165) is 50.5 Å². The van der Waals surface area contributed by atoms with Crippen LogP contribution in [0.25, 0.3) is 6.08 Å². The van der Waals surface area contributed by atoms with Gasteiger partial charge in [0, 0.05) is 18.2 Å². The first-order valence-electron chi connectivity index (χ1n) is 11.1. The van der Waals surface area contributed by atoms with Crippen molar-refractivity contribution in [3.8, 4) is 17.2 Å². The second-order valence-corrected chi connectivity index (χ2v) is 7.41. The highest BCUT2D eigenvalue weighted by molar-refractivity contribution is 5.88. The van der Waals surface area contributed by atoms with Gasteiger partial charge in [-0.1, -0.05) is 27.2 Å². The number of benzene rings is 1. The molecule has 0 heterocycles. The lowest BCUT2D eigenvalue weighted by molar-refractivity contribution is -0.144. The van der Waals surface area contributed by atoms with Gasteiger partial charge in [-0.2, -0.15) is 0 Å². The summed E-state index contributed by atoms with van der Waals surface area (Å²) < 4.78 is 23.3. The Kier molecular flexibility index (Phi) is 10.5. The number of hydrogen-bond donors (Lipinski definition) is 0. The molecule has 1 aromatic rings. The Hall–Kier alpha value is -2.17. The van der Waals surface area contributed by atoms with Crippen LogP contribution in [-0.2, 0) is 9.53 Å². The van der Waals surface area contributed by atoms with Gasteiger partial charge >= 0.3 is 5.97 Å². The highest BCUT2D eigenvalue weighted by Gasteiger charge is 2.17. The molecule has 2 rings (SSSR count). The van der Waals surface area contributed by atoms with Crippen LogP contribution in [0.1, 0.15) is 77.7 Å². The second-order valence-electron chi connectivity index (χ2n) is 7.41. The lowest BCUT2D eigenvalue weighted by Crippen LogP contribution is -2.19. The molecule has 0 radical (unpaired) electrons. The predicted octanol–water partition coefficient (Wildman–Crippen LogP) is 5.94. The second kappa shape index (κ2) is 13.1. The minimum absolute atomic E-state index is 0.0392. The number of carbonyl (C=O) groups is 1. The van der Waals surface area contributed by atoms with Crippen molar-refractivity contribution < 1.29 is 23.7 Å². The van der Waals surface area contributed by atoms with E-state index in [0.29, 0.717) is 37.1 Å². The minimum Gasteiger partial charge on any atom is -0.493 e. The van der Waals surface area contributed by atoms with E-state index in [-0.39, 0.29) is 12.1 Å². The Balaban J connectivity index is 2.22.